The molecule has 1 atom stereocenters. The minimum atomic E-state index is -0.596. The number of aliphatic hydroxyl groups excluding tert-OH is 1. The van der Waals surface area contributed by atoms with Crippen molar-refractivity contribution in [3.05, 3.63) is 27.9 Å². The molecule has 0 fully saturated rings. The standard InChI is InChI=1S/C10H16N4O4/c1-7(15)6-11-4-5-12-10(16)8-2-3-9(13-8)14(17)18/h2-3,7,11,13,15H,4-6H2,1H3,(H,12,16). The van der Waals surface area contributed by atoms with Crippen LogP contribution in [0.2, 0.25) is 0 Å². The van der Waals surface area contributed by atoms with Gasteiger partial charge in [-0.05, 0) is 17.9 Å². The van der Waals surface area contributed by atoms with E-state index in [1.807, 2.05) is 0 Å². The second-order valence-electron chi connectivity index (χ2n) is 3.82. The number of rotatable bonds is 7. The topological polar surface area (TPSA) is 120 Å². The van der Waals surface area contributed by atoms with Crippen LogP contribution in [-0.2, 0) is 0 Å². The van der Waals surface area contributed by atoms with Crippen LogP contribution in [0.5, 0.6) is 0 Å². The van der Waals surface area contributed by atoms with Gasteiger partial charge in [0.15, 0.2) is 5.69 Å². The highest BCUT2D eigenvalue weighted by molar-refractivity contribution is 5.92. The lowest BCUT2D eigenvalue weighted by Gasteiger charge is -2.06. The molecule has 4 N–H and O–H groups in total. The highest BCUT2D eigenvalue weighted by Crippen LogP contribution is 2.09. The zero-order valence-corrected chi connectivity index (χ0v) is 9.97. The number of carbonyl (C=O) groups excluding carboxylic acids is 1. The van der Waals surface area contributed by atoms with Crippen LogP contribution in [0.3, 0.4) is 0 Å². The van der Waals surface area contributed by atoms with E-state index in [1.165, 1.54) is 12.1 Å². The van der Waals surface area contributed by atoms with Crippen molar-refractivity contribution in [3.63, 3.8) is 0 Å². The van der Waals surface area contributed by atoms with Gasteiger partial charge in [-0.2, -0.15) is 0 Å². The molecule has 0 aliphatic heterocycles. The normalized spacial score (nSPS) is 12.1. The van der Waals surface area contributed by atoms with Gasteiger partial charge in [-0.25, -0.2) is 4.98 Å². The Morgan fingerprint density at radius 2 is 2.28 bits per heavy atom. The molecule has 1 aromatic rings. The smallest absolute Gasteiger partial charge is 0.321 e. The van der Waals surface area contributed by atoms with Gasteiger partial charge in [-0.15, -0.1) is 0 Å². The molecule has 1 rings (SSSR count). The Hall–Kier alpha value is -1.93. The van der Waals surface area contributed by atoms with Crippen molar-refractivity contribution in [2.75, 3.05) is 19.6 Å². The largest absolute Gasteiger partial charge is 0.392 e. The fourth-order valence-electron chi connectivity index (χ4n) is 1.29. The highest BCUT2D eigenvalue weighted by atomic mass is 16.6. The van der Waals surface area contributed by atoms with E-state index in [-0.39, 0.29) is 11.5 Å². The second-order valence-corrected chi connectivity index (χ2v) is 3.82. The molecule has 0 saturated heterocycles. The molecule has 0 spiro atoms. The minimum absolute atomic E-state index is 0.150. The second kappa shape index (κ2) is 6.72. The third-order valence-electron chi connectivity index (χ3n) is 2.14. The number of aliphatic hydroxyl groups is 1. The fourth-order valence-corrected chi connectivity index (χ4v) is 1.29. The van der Waals surface area contributed by atoms with Crippen LogP contribution in [0.25, 0.3) is 0 Å². The summed E-state index contributed by atoms with van der Waals surface area (Å²) < 4.78 is 0. The summed E-state index contributed by atoms with van der Waals surface area (Å²) in [4.78, 5) is 23.7. The van der Waals surface area contributed by atoms with Crippen LogP contribution < -0.4 is 10.6 Å². The van der Waals surface area contributed by atoms with Gasteiger partial charge < -0.3 is 25.9 Å². The Bertz CT molecular complexity index is 416. The van der Waals surface area contributed by atoms with E-state index in [1.54, 1.807) is 6.92 Å². The lowest BCUT2D eigenvalue weighted by Crippen LogP contribution is -2.34. The fraction of sp³-hybridized carbons (Fsp3) is 0.500. The molecule has 18 heavy (non-hydrogen) atoms. The van der Waals surface area contributed by atoms with E-state index >= 15 is 0 Å². The summed E-state index contributed by atoms with van der Waals surface area (Å²) in [5.74, 6) is -0.616. The molecule has 0 aliphatic carbocycles. The van der Waals surface area contributed by atoms with Gasteiger partial charge in [0.05, 0.1) is 6.10 Å². The Morgan fingerprint density at radius 1 is 1.56 bits per heavy atom. The van der Waals surface area contributed by atoms with Crippen LogP contribution in [0, 0.1) is 10.1 Å². The van der Waals surface area contributed by atoms with E-state index in [4.69, 9.17) is 5.11 Å². The van der Waals surface area contributed by atoms with Crippen molar-refractivity contribution in [2.24, 2.45) is 0 Å². The summed E-state index contributed by atoms with van der Waals surface area (Å²) in [5, 5.41) is 24.9. The number of amides is 1. The Labute approximate surface area is 104 Å². The van der Waals surface area contributed by atoms with Crippen molar-refractivity contribution < 1.29 is 14.8 Å². The molecule has 1 aromatic heterocycles. The molecule has 0 radical (unpaired) electrons. The van der Waals surface area contributed by atoms with E-state index < -0.39 is 16.9 Å². The number of H-pyrrole nitrogens is 1. The van der Waals surface area contributed by atoms with Crippen molar-refractivity contribution in [1.29, 1.82) is 0 Å². The number of hydrogen-bond donors (Lipinski definition) is 4. The molecular weight excluding hydrogens is 240 g/mol. The average Bonchev–Trinajstić information content (AvgIpc) is 2.77. The Kier molecular flexibility index (Phi) is 5.28. The zero-order chi connectivity index (χ0) is 13.5. The van der Waals surface area contributed by atoms with Crippen molar-refractivity contribution in [1.82, 2.24) is 15.6 Å². The molecule has 0 bridgehead atoms. The number of carbonyl (C=O) groups is 1. The summed E-state index contributed by atoms with van der Waals surface area (Å²) >= 11 is 0. The van der Waals surface area contributed by atoms with Gasteiger partial charge in [0, 0.05) is 25.7 Å². The van der Waals surface area contributed by atoms with Crippen LogP contribution in [0.15, 0.2) is 12.1 Å². The average molecular weight is 256 g/mol. The third kappa shape index (κ3) is 4.52. The van der Waals surface area contributed by atoms with E-state index in [0.717, 1.165) is 0 Å². The minimum Gasteiger partial charge on any atom is -0.392 e. The number of aromatic amines is 1. The summed E-state index contributed by atoms with van der Waals surface area (Å²) in [6.07, 6.45) is -0.438. The maximum Gasteiger partial charge on any atom is 0.321 e. The molecule has 1 unspecified atom stereocenters. The molecule has 0 aliphatic rings. The van der Waals surface area contributed by atoms with Crippen molar-refractivity contribution in [3.8, 4) is 0 Å². The quantitative estimate of drug-likeness (QED) is 0.301. The molecule has 100 valence electrons. The van der Waals surface area contributed by atoms with Gasteiger partial charge in [0.25, 0.3) is 5.91 Å². The monoisotopic (exact) mass is 256 g/mol. The Morgan fingerprint density at radius 3 is 2.83 bits per heavy atom. The summed E-state index contributed by atoms with van der Waals surface area (Å²) in [7, 11) is 0. The number of nitrogens with zero attached hydrogens (tertiary/aromatic N) is 1. The summed E-state index contributed by atoms with van der Waals surface area (Å²) in [5.41, 5.74) is 0.150. The predicted molar refractivity (Wildman–Crippen MR) is 64.3 cm³/mol. The van der Waals surface area contributed by atoms with Gasteiger partial charge in [0.1, 0.15) is 0 Å². The van der Waals surface area contributed by atoms with Crippen LogP contribution in [-0.4, -0.2) is 46.7 Å². The van der Waals surface area contributed by atoms with Crippen molar-refractivity contribution >= 4 is 11.7 Å². The number of hydrogen-bond acceptors (Lipinski definition) is 5. The van der Waals surface area contributed by atoms with Gasteiger partial charge >= 0.3 is 5.82 Å². The van der Waals surface area contributed by atoms with E-state index in [9.17, 15) is 14.9 Å². The maximum absolute atomic E-state index is 11.5. The molecule has 8 nitrogen and oxygen atoms in total. The first-order valence-electron chi connectivity index (χ1n) is 5.51. The van der Waals surface area contributed by atoms with Crippen LogP contribution >= 0.6 is 0 Å². The summed E-state index contributed by atoms with van der Waals surface area (Å²) in [6, 6.07) is 2.59. The SMILES string of the molecule is CC(O)CNCCNC(=O)c1ccc([N+](=O)[O-])[nH]1. The maximum atomic E-state index is 11.5. The molecule has 8 heteroatoms. The Balaban J connectivity index is 2.30. The first kappa shape index (κ1) is 14.1. The third-order valence-corrected chi connectivity index (χ3v) is 2.14. The molecule has 1 amide bonds. The molecule has 0 saturated carbocycles. The number of aromatic nitrogens is 1. The number of nitrogens with one attached hydrogen (secondary N) is 3. The highest BCUT2D eigenvalue weighted by Gasteiger charge is 2.14. The van der Waals surface area contributed by atoms with Crippen LogP contribution in [0.4, 0.5) is 5.82 Å². The van der Waals surface area contributed by atoms with E-state index in [2.05, 4.69) is 15.6 Å². The summed E-state index contributed by atoms with van der Waals surface area (Å²) in [6.45, 7) is 2.99. The first-order valence-corrected chi connectivity index (χ1v) is 5.51. The lowest BCUT2D eigenvalue weighted by molar-refractivity contribution is -0.389. The number of nitro groups is 1. The predicted octanol–water partition coefficient (Wildman–Crippen LogP) is -0.377. The van der Waals surface area contributed by atoms with Gasteiger partial charge in [-0.1, -0.05) is 0 Å². The van der Waals surface area contributed by atoms with Gasteiger partial charge in [-0.3, -0.25) is 4.79 Å². The molecule has 0 aromatic carbocycles. The van der Waals surface area contributed by atoms with Gasteiger partial charge in [0.2, 0.25) is 0 Å². The van der Waals surface area contributed by atoms with E-state index in [0.29, 0.717) is 19.6 Å². The lowest BCUT2D eigenvalue weighted by atomic mass is 10.4. The first-order chi connectivity index (χ1) is 8.50. The zero-order valence-electron chi connectivity index (χ0n) is 9.97. The molecular formula is C10H16N4O4. The molecule has 1 heterocycles. The van der Waals surface area contributed by atoms with Crippen molar-refractivity contribution in [2.45, 2.75) is 13.0 Å². The van der Waals surface area contributed by atoms with Crippen LogP contribution in [0.1, 0.15) is 17.4 Å².